The van der Waals surface area contributed by atoms with Crippen molar-refractivity contribution in [3.63, 3.8) is 0 Å². The summed E-state index contributed by atoms with van der Waals surface area (Å²) in [4.78, 5) is 38.1. The topological polar surface area (TPSA) is 79.5 Å². The number of rotatable bonds is 5. The fraction of sp³-hybridized carbons (Fsp3) is 0.333. The third kappa shape index (κ3) is 4.21. The Labute approximate surface area is 180 Å². The average Bonchev–Trinajstić information content (AvgIpc) is 3.36. The number of likely N-dealkylation sites (tertiary alicyclic amines) is 1. The summed E-state index contributed by atoms with van der Waals surface area (Å²) < 4.78 is 5.95. The smallest absolute Gasteiger partial charge is 0.228 e. The van der Waals surface area contributed by atoms with Gasteiger partial charge in [-0.1, -0.05) is 36.4 Å². The quantitative estimate of drug-likeness (QED) is 0.639. The number of amides is 2. The average molecular weight is 416 g/mol. The van der Waals surface area contributed by atoms with Gasteiger partial charge in [0.25, 0.3) is 0 Å². The number of carbonyl (C=O) groups is 2. The molecule has 0 bridgehead atoms. The summed E-state index contributed by atoms with van der Waals surface area (Å²) in [6.07, 6.45) is 3.27. The number of pyridine rings is 1. The number of oxazole rings is 1. The molecule has 7 heteroatoms. The Bertz CT molecular complexity index is 1080. The molecule has 1 aromatic carbocycles. The molecule has 0 spiro atoms. The molecule has 2 aliphatic heterocycles. The van der Waals surface area contributed by atoms with Crippen molar-refractivity contribution in [1.29, 1.82) is 0 Å². The molecular formula is C24H24N4O3. The number of hydrogen-bond donors (Lipinski definition) is 0. The second kappa shape index (κ2) is 8.34. The predicted molar refractivity (Wildman–Crippen MR) is 113 cm³/mol. The first-order valence-electron chi connectivity index (χ1n) is 10.6. The molecule has 1 unspecified atom stereocenters. The van der Waals surface area contributed by atoms with Gasteiger partial charge in [-0.2, -0.15) is 0 Å². The molecule has 5 rings (SSSR count). The molecule has 1 saturated heterocycles. The van der Waals surface area contributed by atoms with Gasteiger partial charge in [0.05, 0.1) is 24.7 Å². The van der Waals surface area contributed by atoms with E-state index < -0.39 is 0 Å². The van der Waals surface area contributed by atoms with Crippen LogP contribution in [0.15, 0.2) is 59.1 Å². The van der Waals surface area contributed by atoms with E-state index in [1.165, 1.54) is 0 Å². The van der Waals surface area contributed by atoms with E-state index >= 15 is 0 Å². The van der Waals surface area contributed by atoms with E-state index in [4.69, 9.17) is 4.42 Å². The van der Waals surface area contributed by atoms with Crippen molar-refractivity contribution < 1.29 is 14.0 Å². The molecule has 3 aromatic rings. The number of aromatic nitrogens is 2. The molecule has 2 amide bonds. The summed E-state index contributed by atoms with van der Waals surface area (Å²) in [5, 5.41) is 0. The lowest BCUT2D eigenvalue weighted by Gasteiger charge is -2.27. The van der Waals surface area contributed by atoms with Gasteiger partial charge < -0.3 is 14.2 Å². The van der Waals surface area contributed by atoms with Gasteiger partial charge in [-0.15, -0.1) is 0 Å². The van der Waals surface area contributed by atoms with Gasteiger partial charge in [-0.25, -0.2) is 4.98 Å². The normalized spacial score (nSPS) is 18.3. The molecule has 1 fully saturated rings. The Morgan fingerprint density at radius 3 is 2.77 bits per heavy atom. The molecule has 2 aromatic heterocycles. The summed E-state index contributed by atoms with van der Waals surface area (Å²) in [6.45, 7) is 1.92. The van der Waals surface area contributed by atoms with E-state index in [0.29, 0.717) is 44.9 Å². The predicted octanol–water partition coefficient (Wildman–Crippen LogP) is 2.59. The van der Waals surface area contributed by atoms with Crippen LogP contribution in [0.2, 0.25) is 0 Å². The first-order chi connectivity index (χ1) is 15.2. The first kappa shape index (κ1) is 19.5. The van der Waals surface area contributed by atoms with Gasteiger partial charge in [-0.3, -0.25) is 14.6 Å². The third-order valence-electron chi connectivity index (χ3n) is 5.92. The van der Waals surface area contributed by atoms with Gasteiger partial charge >= 0.3 is 0 Å². The summed E-state index contributed by atoms with van der Waals surface area (Å²) in [6, 6.07) is 15.7. The van der Waals surface area contributed by atoms with Crippen LogP contribution in [0.25, 0.3) is 0 Å². The Hall–Kier alpha value is -3.48. The van der Waals surface area contributed by atoms with E-state index in [1.54, 1.807) is 11.1 Å². The SMILES string of the molecule is O=C1CC(C(=O)N2CCc3oc(Cc4ccccc4)nc3C2)CN1Cc1ccccn1. The number of carbonyl (C=O) groups excluding carboxylic acids is 2. The van der Waals surface area contributed by atoms with Gasteiger partial charge in [0.15, 0.2) is 5.89 Å². The fourth-order valence-corrected chi connectivity index (χ4v) is 4.32. The van der Waals surface area contributed by atoms with Crippen molar-refractivity contribution >= 4 is 11.8 Å². The lowest BCUT2D eigenvalue weighted by Crippen LogP contribution is -2.40. The molecule has 0 N–H and O–H groups in total. The van der Waals surface area contributed by atoms with Crippen LogP contribution >= 0.6 is 0 Å². The second-order valence-electron chi connectivity index (χ2n) is 8.15. The highest BCUT2D eigenvalue weighted by atomic mass is 16.4. The number of nitrogens with zero attached hydrogens (tertiary/aromatic N) is 4. The van der Waals surface area contributed by atoms with Crippen LogP contribution in [0, 0.1) is 5.92 Å². The van der Waals surface area contributed by atoms with E-state index in [2.05, 4.69) is 9.97 Å². The highest BCUT2D eigenvalue weighted by Crippen LogP contribution is 2.26. The first-order valence-corrected chi connectivity index (χ1v) is 10.6. The molecule has 31 heavy (non-hydrogen) atoms. The molecule has 1 atom stereocenters. The van der Waals surface area contributed by atoms with Crippen molar-refractivity contribution in [3.05, 3.63) is 83.3 Å². The van der Waals surface area contributed by atoms with Gasteiger partial charge in [-0.05, 0) is 17.7 Å². The summed E-state index contributed by atoms with van der Waals surface area (Å²) in [7, 11) is 0. The minimum Gasteiger partial charge on any atom is -0.445 e. The zero-order valence-corrected chi connectivity index (χ0v) is 17.2. The van der Waals surface area contributed by atoms with Gasteiger partial charge in [0, 0.05) is 38.5 Å². The zero-order valence-electron chi connectivity index (χ0n) is 17.2. The van der Waals surface area contributed by atoms with Crippen LogP contribution in [0.1, 0.15) is 35.0 Å². The van der Waals surface area contributed by atoms with Gasteiger partial charge in [0.1, 0.15) is 11.5 Å². The standard InChI is InChI=1S/C24H24N4O3/c29-23-13-18(14-28(23)15-19-8-4-5-10-25-19)24(30)27-11-9-21-20(16-27)26-22(31-21)12-17-6-2-1-3-7-17/h1-8,10,18H,9,11-16H2. The van der Waals surface area contributed by atoms with E-state index in [9.17, 15) is 9.59 Å². The maximum absolute atomic E-state index is 13.1. The van der Waals surface area contributed by atoms with Crippen LogP contribution in [0.4, 0.5) is 0 Å². The van der Waals surface area contributed by atoms with E-state index in [1.807, 2.05) is 53.4 Å². The summed E-state index contributed by atoms with van der Waals surface area (Å²) in [5.41, 5.74) is 2.81. The number of benzene rings is 1. The van der Waals surface area contributed by atoms with Crippen molar-refractivity contribution in [1.82, 2.24) is 19.8 Å². The lowest BCUT2D eigenvalue weighted by atomic mass is 10.0. The molecule has 0 saturated carbocycles. The Morgan fingerprint density at radius 2 is 1.97 bits per heavy atom. The van der Waals surface area contributed by atoms with Crippen molar-refractivity contribution in [2.24, 2.45) is 5.92 Å². The molecule has 7 nitrogen and oxygen atoms in total. The van der Waals surface area contributed by atoms with Crippen LogP contribution in [0.5, 0.6) is 0 Å². The van der Waals surface area contributed by atoms with Crippen LogP contribution < -0.4 is 0 Å². The third-order valence-corrected chi connectivity index (χ3v) is 5.92. The molecule has 4 heterocycles. The fourth-order valence-electron chi connectivity index (χ4n) is 4.32. The Balaban J connectivity index is 1.22. The highest BCUT2D eigenvalue weighted by molar-refractivity contribution is 5.89. The lowest BCUT2D eigenvalue weighted by molar-refractivity contribution is -0.136. The zero-order chi connectivity index (χ0) is 21.2. The molecule has 0 radical (unpaired) electrons. The van der Waals surface area contributed by atoms with Crippen LogP contribution in [0.3, 0.4) is 0 Å². The highest BCUT2D eigenvalue weighted by Gasteiger charge is 2.38. The second-order valence-corrected chi connectivity index (χ2v) is 8.15. The van der Waals surface area contributed by atoms with Crippen molar-refractivity contribution in [2.75, 3.05) is 13.1 Å². The minimum absolute atomic E-state index is 0.00767. The van der Waals surface area contributed by atoms with E-state index in [-0.39, 0.29) is 24.2 Å². The van der Waals surface area contributed by atoms with Crippen LogP contribution in [-0.4, -0.2) is 44.7 Å². The molecule has 0 aliphatic carbocycles. The van der Waals surface area contributed by atoms with Crippen molar-refractivity contribution in [3.8, 4) is 0 Å². The monoisotopic (exact) mass is 416 g/mol. The molecule has 2 aliphatic rings. The number of fused-ring (bicyclic) bond motifs is 1. The maximum atomic E-state index is 13.1. The largest absolute Gasteiger partial charge is 0.445 e. The van der Waals surface area contributed by atoms with Crippen LogP contribution in [-0.2, 0) is 35.5 Å². The molecular weight excluding hydrogens is 392 g/mol. The molecule has 158 valence electrons. The van der Waals surface area contributed by atoms with E-state index in [0.717, 1.165) is 22.7 Å². The van der Waals surface area contributed by atoms with Crippen molar-refractivity contribution in [2.45, 2.75) is 32.4 Å². The Morgan fingerprint density at radius 1 is 1.13 bits per heavy atom. The number of hydrogen-bond acceptors (Lipinski definition) is 5. The maximum Gasteiger partial charge on any atom is 0.228 e. The summed E-state index contributed by atoms with van der Waals surface area (Å²) in [5.74, 6) is 1.27. The van der Waals surface area contributed by atoms with Gasteiger partial charge in [0.2, 0.25) is 11.8 Å². The minimum atomic E-state index is -0.312. The summed E-state index contributed by atoms with van der Waals surface area (Å²) >= 11 is 0. The Kier molecular flexibility index (Phi) is 5.24.